The van der Waals surface area contributed by atoms with E-state index in [9.17, 15) is 4.79 Å². The first-order valence-electron chi connectivity index (χ1n) is 6.27. The van der Waals surface area contributed by atoms with Crippen LogP contribution in [0, 0.1) is 0 Å². The van der Waals surface area contributed by atoms with Gasteiger partial charge in [0.1, 0.15) is 5.69 Å². The van der Waals surface area contributed by atoms with Crippen molar-refractivity contribution in [1.29, 1.82) is 0 Å². The number of halogens is 1. The summed E-state index contributed by atoms with van der Waals surface area (Å²) in [4.78, 5) is 16.6. The Morgan fingerprint density at radius 3 is 2.90 bits per heavy atom. The molecule has 4 nitrogen and oxygen atoms in total. The summed E-state index contributed by atoms with van der Waals surface area (Å²) in [5.74, 6) is -0.155. The van der Waals surface area contributed by atoms with Gasteiger partial charge < -0.3 is 4.57 Å². The van der Waals surface area contributed by atoms with Crippen molar-refractivity contribution in [2.24, 2.45) is 7.05 Å². The molecule has 0 aliphatic heterocycles. The molecule has 0 aliphatic rings. The number of nitrogens with zero attached hydrogens (tertiary/aromatic N) is 2. The lowest BCUT2D eigenvalue weighted by atomic mass is 10.2. The normalized spacial score (nSPS) is 10.6. The second-order valence-electron chi connectivity index (χ2n) is 4.51. The highest BCUT2D eigenvalue weighted by Gasteiger charge is 2.12. The number of thiazole rings is 1. The third-order valence-corrected chi connectivity index (χ3v) is 4.27. The maximum atomic E-state index is 12.1. The van der Waals surface area contributed by atoms with Crippen LogP contribution in [0.4, 0.5) is 5.13 Å². The lowest BCUT2D eigenvalue weighted by Gasteiger charge is -2.02. The van der Waals surface area contributed by atoms with Crippen LogP contribution in [-0.2, 0) is 7.05 Å². The summed E-state index contributed by atoms with van der Waals surface area (Å²) in [5, 5.41) is 5.35. The van der Waals surface area contributed by atoms with Crippen LogP contribution in [0.15, 0.2) is 52.4 Å². The first kappa shape index (κ1) is 14.0. The minimum atomic E-state index is -0.155. The molecule has 0 radical (unpaired) electrons. The molecule has 1 amide bonds. The molecule has 0 bridgehead atoms. The summed E-state index contributed by atoms with van der Waals surface area (Å²) < 4.78 is 2.78. The van der Waals surface area contributed by atoms with Gasteiger partial charge in [0, 0.05) is 28.7 Å². The van der Waals surface area contributed by atoms with Crippen LogP contribution in [-0.4, -0.2) is 15.5 Å². The average molecular weight is 362 g/mol. The molecule has 106 valence electrons. The van der Waals surface area contributed by atoms with Crippen LogP contribution in [0.5, 0.6) is 0 Å². The second kappa shape index (κ2) is 5.83. The first-order chi connectivity index (χ1) is 10.1. The van der Waals surface area contributed by atoms with E-state index in [-0.39, 0.29) is 5.91 Å². The Bertz CT molecular complexity index is 794. The van der Waals surface area contributed by atoms with Crippen LogP contribution < -0.4 is 5.32 Å². The van der Waals surface area contributed by atoms with Crippen LogP contribution in [0.2, 0.25) is 0 Å². The molecule has 1 aromatic carbocycles. The predicted octanol–water partition coefficient (Wildman–Crippen LogP) is 4.16. The predicted molar refractivity (Wildman–Crippen MR) is 88.6 cm³/mol. The summed E-state index contributed by atoms with van der Waals surface area (Å²) in [7, 11) is 1.84. The molecular weight excluding hydrogens is 350 g/mol. The van der Waals surface area contributed by atoms with Gasteiger partial charge in [0.15, 0.2) is 5.13 Å². The SMILES string of the molecule is Cn1cccc1C(=O)Nc1nc(-c2cccc(Br)c2)cs1. The molecule has 3 rings (SSSR count). The minimum Gasteiger partial charge on any atom is -0.347 e. The van der Waals surface area contributed by atoms with Crippen molar-refractivity contribution in [3.05, 3.63) is 58.1 Å². The van der Waals surface area contributed by atoms with Crippen LogP contribution in [0.25, 0.3) is 11.3 Å². The Kier molecular flexibility index (Phi) is 3.90. The topological polar surface area (TPSA) is 46.9 Å². The molecule has 0 saturated heterocycles. The van der Waals surface area contributed by atoms with Gasteiger partial charge in [-0.3, -0.25) is 10.1 Å². The molecule has 0 saturated carbocycles. The van der Waals surface area contributed by atoms with Crippen molar-refractivity contribution in [3.8, 4) is 11.3 Å². The summed E-state index contributed by atoms with van der Waals surface area (Å²) >= 11 is 4.86. The molecular formula is C15H12BrN3OS. The molecule has 2 heterocycles. The van der Waals surface area contributed by atoms with Gasteiger partial charge in [0.05, 0.1) is 5.69 Å². The molecule has 6 heteroatoms. The minimum absolute atomic E-state index is 0.155. The Hall–Kier alpha value is -1.92. The lowest BCUT2D eigenvalue weighted by molar-refractivity contribution is 0.101. The Balaban J connectivity index is 1.80. The zero-order valence-corrected chi connectivity index (χ0v) is 13.6. The number of carbonyl (C=O) groups excluding carboxylic acids is 1. The maximum absolute atomic E-state index is 12.1. The van der Waals surface area contributed by atoms with Crippen LogP contribution >= 0.6 is 27.3 Å². The third-order valence-electron chi connectivity index (χ3n) is 3.02. The molecule has 1 N–H and O–H groups in total. The lowest BCUT2D eigenvalue weighted by Crippen LogP contribution is -2.15. The number of benzene rings is 1. The van der Waals surface area contributed by atoms with Crippen molar-refractivity contribution < 1.29 is 4.79 Å². The largest absolute Gasteiger partial charge is 0.347 e. The molecule has 0 unspecified atom stereocenters. The number of anilines is 1. The van der Waals surface area contributed by atoms with E-state index in [1.54, 1.807) is 10.6 Å². The Labute approximate surface area is 134 Å². The summed E-state index contributed by atoms with van der Waals surface area (Å²) in [6.45, 7) is 0. The molecule has 0 spiro atoms. The van der Waals surface area contributed by atoms with Gasteiger partial charge in [-0.1, -0.05) is 28.1 Å². The number of hydrogen-bond acceptors (Lipinski definition) is 3. The number of hydrogen-bond donors (Lipinski definition) is 1. The second-order valence-corrected chi connectivity index (χ2v) is 6.28. The first-order valence-corrected chi connectivity index (χ1v) is 7.95. The monoisotopic (exact) mass is 361 g/mol. The third kappa shape index (κ3) is 3.06. The number of amides is 1. The van der Waals surface area contributed by atoms with E-state index >= 15 is 0 Å². The number of aryl methyl sites for hydroxylation is 1. The number of aromatic nitrogens is 2. The Morgan fingerprint density at radius 1 is 1.33 bits per heavy atom. The highest BCUT2D eigenvalue weighted by atomic mass is 79.9. The van der Waals surface area contributed by atoms with E-state index in [1.807, 2.05) is 49.0 Å². The standard InChI is InChI=1S/C15H12BrN3OS/c1-19-7-3-6-13(19)14(20)18-15-17-12(9-21-15)10-4-2-5-11(16)8-10/h2-9H,1H3,(H,17,18,20). The number of rotatable bonds is 3. The quantitative estimate of drug-likeness (QED) is 0.760. The van der Waals surface area contributed by atoms with E-state index in [0.29, 0.717) is 10.8 Å². The van der Waals surface area contributed by atoms with Gasteiger partial charge in [0.25, 0.3) is 5.91 Å². The molecule has 3 aromatic rings. The fourth-order valence-electron chi connectivity index (χ4n) is 1.97. The van der Waals surface area contributed by atoms with Crippen LogP contribution in [0.1, 0.15) is 10.5 Å². The molecule has 2 aromatic heterocycles. The van der Waals surface area contributed by atoms with Crippen molar-refractivity contribution >= 4 is 38.3 Å². The highest BCUT2D eigenvalue weighted by Crippen LogP contribution is 2.27. The van der Waals surface area contributed by atoms with Crippen molar-refractivity contribution in [2.75, 3.05) is 5.32 Å². The van der Waals surface area contributed by atoms with Gasteiger partial charge in [-0.15, -0.1) is 11.3 Å². The van der Waals surface area contributed by atoms with Crippen LogP contribution in [0.3, 0.4) is 0 Å². The zero-order valence-electron chi connectivity index (χ0n) is 11.2. The van der Waals surface area contributed by atoms with Gasteiger partial charge in [-0.2, -0.15) is 0 Å². The van der Waals surface area contributed by atoms with Crippen molar-refractivity contribution in [1.82, 2.24) is 9.55 Å². The van der Waals surface area contributed by atoms with Crippen molar-refractivity contribution in [2.45, 2.75) is 0 Å². The number of carbonyl (C=O) groups is 1. The molecule has 0 atom stereocenters. The van der Waals surface area contributed by atoms with E-state index in [1.165, 1.54) is 11.3 Å². The molecule has 0 aliphatic carbocycles. The smallest absolute Gasteiger partial charge is 0.274 e. The summed E-state index contributed by atoms with van der Waals surface area (Å²) in [6.07, 6.45) is 1.84. The van der Waals surface area contributed by atoms with E-state index in [2.05, 4.69) is 26.2 Å². The summed E-state index contributed by atoms with van der Waals surface area (Å²) in [5.41, 5.74) is 2.47. The van der Waals surface area contributed by atoms with Gasteiger partial charge in [0.2, 0.25) is 0 Å². The summed E-state index contributed by atoms with van der Waals surface area (Å²) in [6, 6.07) is 11.5. The average Bonchev–Trinajstić information content (AvgIpc) is 3.08. The zero-order chi connectivity index (χ0) is 14.8. The molecule has 21 heavy (non-hydrogen) atoms. The Morgan fingerprint density at radius 2 is 2.19 bits per heavy atom. The van der Waals surface area contributed by atoms with E-state index in [4.69, 9.17) is 0 Å². The molecule has 0 fully saturated rings. The number of nitrogens with one attached hydrogen (secondary N) is 1. The van der Waals surface area contributed by atoms with E-state index < -0.39 is 0 Å². The maximum Gasteiger partial charge on any atom is 0.274 e. The van der Waals surface area contributed by atoms with Gasteiger partial charge >= 0.3 is 0 Å². The van der Waals surface area contributed by atoms with Crippen molar-refractivity contribution in [3.63, 3.8) is 0 Å². The fraction of sp³-hybridized carbons (Fsp3) is 0.0667. The highest BCUT2D eigenvalue weighted by molar-refractivity contribution is 9.10. The fourth-order valence-corrected chi connectivity index (χ4v) is 3.08. The van der Waals surface area contributed by atoms with Gasteiger partial charge in [-0.25, -0.2) is 4.98 Å². The van der Waals surface area contributed by atoms with Gasteiger partial charge in [-0.05, 0) is 24.3 Å². The van der Waals surface area contributed by atoms with E-state index in [0.717, 1.165) is 15.7 Å².